The van der Waals surface area contributed by atoms with Crippen LogP contribution in [0.4, 0.5) is 0 Å². The molecule has 2 aromatic rings. The lowest BCUT2D eigenvalue weighted by molar-refractivity contribution is -0.158. The minimum atomic E-state index is -0.655. The maximum atomic E-state index is 12.1. The summed E-state index contributed by atoms with van der Waals surface area (Å²) in [4.78, 5) is 26.2. The number of H-pyrrole nitrogens is 1. The number of hydrogen-bond acceptors (Lipinski definition) is 4. The van der Waals surface area contributed by atoms with Crippen molar-refractivity contribution in [2.75, 3.05) is 0 Å². The van der Waals surface area contributed by atoms with E-state index >= 15 is 0 Å². The third kappa shape index (κ3) is 3.92. The van der Waals surface area contributed by atoms with Gasteiger partial charge in [0.25, 0.3) is 0 Å². The fourth-order valence-electron chi connectivity index (χ4n) is 2.90. The van der Waals surface area contributed by atoms with Crippen molar-refractivity contribution in [2.45, 2.75) is 51.2 Å². The van der Waals surface area contributed by atoms with Crippen molar-refractivity contribution in [3.63, 3.8) is 0 Å². The molecular weight excluding hydrogens is 294 g/mol. The number of carbonyl (C=O) groups excluding carboxylic acids is 1. The zero-order valence-corrected chi connectivity index (χ0v) is 13.2. The maximum absolute atomic E-state index is 12.1. The lowest BCUT2D eigenvalue weighted by Crippen LogP contribution is -2.31. The second kappa shape index (κ2) is 6.86. The molecule has 0 bridgehead atoms. The fourth-order valence-corrected chi connectivity index (χ4v) is 2.90. The lowest BCUT2D eigenvalue weighted by Gasteiger charge is -2.23. The first-order valence-electron chi connectivity index (χ1n) is 8.12. The molecule has 1 heterocycles. The molecule has 23 heavy (non-hydrogen) atoms. The van der Waals surface area contributed by atoms with E-state index in [1.54, 1.807) is 31.2 Å². The molecular formula is C18H21NO4. The fraction of sp³-hybridized carbons (Fsp3) is 0.444. The predicted molar refractivity (Wildman–Crippen MR) is 87.6 cm³/mol. The molecule has 1 saturated carbocycles. The van der Waals surface area contributed by atoms with Gasteiger partial charge in [-0.3, -0.25) is 4.79 Å². The molecule has 1 atom stereocenters. The Balaban J connectivity index is 1.64. The first-order chi connectivity index (χ1) is 11.1. The summed E-state index contributed by atoms with van der Waals surface area (Å²) in [6, 6.07) is 8.50. The summed E-state index contributed by atoms with van der Waals surface area (Å²) in [5, 5.41) is 0.856. The second-order valence-corrected chi connectivity index (χ2v) is 6.03. The molecule has 0 amide bonds. The van der Waals surface area contributed by atoms with E-state index in [0.29, 0.717) is 5.75 Å². The normalized spacial score (nSPS) is 16.9. The predicted octanol–water partition coefficient (Wildman–Crippen LogP) is 3.17. The average molecular weight is 315 g/mol. The molecule has 0 radical (unpaired) electrons. The molecule has 3 rings (SSSR count). The van der Waals surface area contributed by atoms with Gasteiger partial charge < -0.3 is 14.5 Å². The van der Waals surface area contributed by atoms with Crippen LogP contribution in [0.3, 0.4) is 0 Å². The van der Waals surface area contributed by atoms with Crippen molar-refractivity contribution in [1.82, 2.24) is 4.98 Å². The molecule has 1 N–H and O–H groups in total. The summed E-state index contributed by atoms with van der Waals surface area (Å²) in [6.07, 6.45) is 4.73. The third-order valence-corrected chi connectivity index (χ3v) is 4.17. The number of pyridine rings is 1. The Kier molecular flexibility index (Phi) is 4.65. The van der Waals surface area contributed by atoms with Crippen LogP contribution >= 0.6 is 0 Å². The molecule has 1 aromatic carbocycles. The van der Waals surface area contributed by atoms with Crippen LogP contribution in [0.15, 0.2) is 35.1 Å². The van der Waals surface area contributed by atoms with Gasteiger partial charge in [0.2, 0.25) is 5.56 Å². The highest BCUT2D eigenvalue weighted by atomic mass is 16.6. The number of benzene rings is 1. The summed E-state index contributed by atoms with van der Waals surface area (Å²) in [6.45, 7) is 1.70. The van der Waals surface area contributed by atoms with Gasteiger partial charge in [0.05, 0.1) is 0 Å². The second-order valence-electron chi connectivity index (χ2n) is 6.03. The van der Waals surface area contributed by atoms with Crippen LogP contribution < -0.4 is 10.3 Å². The largest absolute Gasteiger partial charge is 0.479 e. The highest BCUT2D eigenvalue weighted by molar-refractivity contribution is 5.80. The molecule has 0 saturated heterocycles. The minimum Gasteiger partial charge on any atom is -0.479 e. The first kappa shape index (κ1) is 15.6. The van der Waals surface area contributed by atoms with Crippen LogP contribution in [0.5, 0.6) is 5.75 Å². The molecule has 1 aliphatic carbocycles. The van der Waals surface area contributed by atoms with Gasteiger partial charge >= 0.3 is 5.97 Å². The van der Waals surface area contributed by atoms with E-state index < -0.39 is 6.10 Å². The van der Waals surface area contributed by atoms with E-state index in [2.05, 4.69) is 4.98 Å². The van der Waals surface area contributed by atoms with Crippen LogP contribution in [-0.4, -0.2) is 23.2 Å². The van der Waals surface area contributed by atoms with E-state index in [4.69, 9.17) is 9.47 Å². The summed E-state index contributed by atoms with van der Waals surface area (Å²) < 4.78 is 11.2. The van der Waals surface area contributed by atoms with Crippen LogP contribution in [0.2, 0.25) is 0 Å². The molecule has 5 nitrogen and oxygen atoms in total. The van der Waals surface area contributed by atoms with E-state index in [-0.39, 0.29) is 17.6 Å². The zero-order chi connectivity index (χ0) is 16.2. The number of nitrogens with one attached hydrogen (secondary N) is 1. The van der Waals surface area contributed by atoms with E-state index in [1.807, 2.05) is 0 Å². The number of fused-ring (bicyclic) bond motifs is 1. The van der Waals surface area contributed by atoms with Crippen molar-refractivity contribution in [1.29, 1.82) is 0 Å². The summed E-state index contributed by atoms with van der Waals surface area (Å²) in [5.41, 5.74) is 0.595. The Morgan fingerprint density at radius 3 is 2.74 bits per heavy atom. The number of hydrogen-bond donors (Lipinski definition) is 1. The minimum absolute atomic E-state index is 0.0315. The third-order valence-electron chi connectivity index (χ3n) is 4.17. The van der Waals surface area contributed by atoms with Gasteiger partial charge in [-0.15, -0.1) is 0 Å². The number of rotatable bonds is 4. The molecule has 1 aromatic heterocycles. The van der Waals surface area contributed by atoms with Crippen LogP contribution in [0.1, 0.15) is 39.0 Å². The first-order valence-corrected chi connectivity index (χ1v) is 8.12. The van der Waals surface area contributed by atoms with Gasteiger partial charge in [-0.25, -0.2) is 4.79 Å². The average Bonchev–Trinajstić information content (AvgIpc) is 2.56. The Labute approximate surface area is 134 Å². The van der Waals surface area contributed by atoms with Gasteiger partial charge in [-0.1, -0.05) is 6.42 Å². The maximum Gasteiger partial charge on any atom is 0.347 e. The number of carbonyl (C=O) groups is 1. The molecule has 1 aliphatic rings. The van der Waals surface area contributed by atoms with E-state index in [1.165, 1.54) is 12.5 Å². The molecule has 5 heteroatoms. The summed E-state index contributed by atoms with van der Waals surface area (Å²) in [5.74, 6) is 0.260. The standard InChI is InChI=1S/C18H21NO4/c1-12(18(21)23-14-5-3-2-4-6-14)22-15-8-9-16-13(11-15)7-10-17(20)19-16/h7-12,14H,2-6H2,1H3,(H,19,20). The molecule has 1 unspecified atom stereocenters. The molecule has 122 valence electrons. The number of aromatic amines is 1. The van der Waals surface area contributed by atoms with E-state index in [0.717, 1.165) is 36.6 Å². The van der Waals surface area contributed by atoms with Gasteiger partial charge in [-0.2, -0.15) is 0 Å². The molecule has 1 fully saturated rings. The smallest absolute Gasteiger partial charge is 0.347 e. The van der Waals surface area contributed by atoms with Gasteiger partial charge in [0.1, 0.15) is 11.9 Å². The van der Waals surface area contributed by atoms with Gasteiger partial charge in [0, 0.05) is 17.0 Å². The Morgan fingerprint density at radius 2 is 1.96 bits per heavy atom. The van der Waals surface area contributed by atoms with Crippen molar-refractivity contribution in [3.05, 3.63) is 40.7 Å². The highest BCUT2D eigenvalue weighted by Crippen LogP contribution is 2.22. The van der Waals surface area contributed by atoms with E-state index in [9.17, 15) is 9.59 Å². The zero-order valence-electron chi connectivity index (χ0n) is 13.2. The quantitative estimate of drug-likeness (QED) is 0.880. The summed E-state index contributed by atoms with van der Waals surface area (Å²) >= 11 is 0. The van der Waals surface area contributed by atoms with Crippen molar-refractivity contribution in [2.24, 2.45) is 0 Å². The van der Waals surface area contributed by atoms with Crippen LogP contribution in [0.25, 0.3) is 10.9 Å². The van der Waals surface area contributed by atoms with Crippen molar-refractivity contribution >= 4 is 16.9 Å². The number of aromatic nitrogens is 1. The Bertz CT molecular complexity index is 746. The number of ether oxygens (including phenoxy) is 2. The molecule has 0 spiro atoms. The van der Waals surface area contributed by atoms with Crippen LogP contribution in [-0.2, 0) is 9.53 Å². The van der Waals surface area contributed by atoms with Crippen molar-refractivity contribution < 1.29 is 14.3 Å². The Hall–Kier alpha value is -2.30. The van der Waals surface area contributed by atoms with Gasteiger partial charge in [-0.05, 0) is 56.9 Å². The Morgan fingerprint density at radius 1 is 1.17 bits per heavy atom. The highest BCUT2D eigenvalue weighted by Gasteiger charge is 2.22. The SMILES string of the molecule is CC(Oc1ccc2[nH]c(=O)ccc2c1)C(=O)OC1CCCCC1. The molecule has 0 aliphatic heterocycles. The van der Waals surface area contributed by atoms with Crippen molar-refractivity contribution in [3.8, 4) is 5.75 Å². The van der Waals surface area contributed by atoms with Gasteiger partial charge in [0.15, 0.2) is 6.10 Å². The monoisotopic (exact) mass is 315 g/mol. The van der Waals surface area contributed by atoms with Crippen LogP contribution in [0, 0.1) is 0 Å². The number of esters is 1. The summed E-state index contributed by atoms with van der Waals surface area (Å²) in [7, 11) is 0. The topological polar surface area (TPSA) is 68.4 Å². The lowest BCUT2D eigenvalue weighted by atomic mass is 9.98.